The van der Waals surface area contributed by atoms with Crippen molar-refractivity contribution in [3.05, 3.63) is 35.4 Å². The summed E-state index contributed by atoms with van der Waals surface area (Å²) in [6.07, 6.45) is 4.78. The Hall–Kier alpha value is -1.82. The van der Waals surface area contributed by atoms with Gasteiger partial charge in [0.15, 0.2) is 0 Å². The van der Waals surface area contributed by atoms with Crippen LogP contribution in [0.3, 0.4) is 0 Å². The van der Waals surface area contributed by atoms with E-state index in [2.05, 4.69) is 26.1 Å². The molecule has 108 valence electrons. The highest BCUT2D eigenvalue weighted by molar-refractivity contribution is 5.94. The molecule has 0 atom stereocenters. The van der Waals surface area contributed by atoms with Gasteiger partial charge in [0.05, 0.1) is 11.6 Å². The Morgan fingerprint density at radius 1 is 1.25 bits per heavy atom. The first kappa shape index (κ1) is 16.2. The van der Waals surface area contributed by atoms with Crippen molar-refractivity contribution in [2.24, 2.45) is 5.41 Å². The van der Waals surface area contributed by atoms with Crippen molar-refractivity contribution in [3.8, 4) is 6.07 Å². The summed E-state index contributed by atoms with van der Waals surface area (Å²) in [5, 5.41) is 11.7. The molecule has 1 N–H and O–H groups in total. The second-order valence-corrected chi connectivity index (χ2v) is 5.99. The predicted molar refractivity (Wildman–Crippen MR) is 81.4 cm³/mol. The number of carbonyl (C=O) groups excluding carboxylic acids is 1. The van der Waals surface area contributed by atoms with Gasteiger partial charge in [-0.3, -0.25) is 4.79 Å². The number of nitrogens with one attached hydrogen (secondary N) is 1. The van der Waals surface area contributed by atoms with Crippen LogP contribution in [0.25, 0.3) is 0 Å². The van der Waals surface area contributed by atoms with Crippen molar-refractivity contribution < 1.29 is 4.79 Å². The molecule has 0 unspecified atom stereocenters. The third-order valence-electron chi connectivity index (χ3n) is 3.46. The average Bonchev–Trinajstić information content (AvgIpc) is 2.45. The zero-order valence-electron chi connectivity index (χ0n) is 12.7. The first-order valence-corrected chi connectivity index (χ1v) is 7.27. The number of rotatable bonds is 7. The summed E-state index contributed by atoms with van der Waals surface area (Å²) in [6, 6.07) is 8.77. The minimum absolute atomic E-state index is 0.0712. The number of nitrogens with zero attached hydrogens (tertiary/aromatic N) is 1. The van der Waals surface area contributed by atoms with E-state index < -0.39 is 0 Å². The molecule has 20 heavy (non-hydrogen) atoms. The molecule has 1 aromatic rings. The van der Waals surface area contributed by atoms with Crippen molar-refractivity contribution in [2.75, 3.05) is 6.54 Å². The van der Waals surface area contributed by atoms with E-state index in [-0.39, 0.29) is 11.3 Å². The van der Waals surface area contributed by atoms with Gasteiger partial charge in [-0.15, -0.1) is 0 Å². The smallest absolute Gasteiger partial charge is 0.251 e. The Morgan fingerprint density at radius 3 is 2.45 bits per heavy atom. The second kappa shape index (κ2) is 7.69. The topological polar surface area (TPSA) is 52.9 Å². The predicted octanol–water partition coefficient (Wildman–Crippen LogP) is 3.89. The molecule has 0 aliphatic carbocycles. The van der Waals surface area contributed by atoms with E-state index in [1.165, 1.54) is 19.3 Å². The fourth-order valence-electron chi connectivity index (χ4n) is 2.06. The van der Waals surface area contributed by atoms with Crippen molar-refractivity contribution in [1.82, 2.24) is 5.32 Å². The number of carbonyl (C=O) groups is 1. The SMILES string of the molecule is CCCCCC(C)(C)CNC(=O)c1ccc(C#N)cc1. The molecule has 0 aromatic heterocycles. The van der Waals surface area contributed by atoms with Crippen LogP contribution in [0.2, 0.25) is 0 Å². The Bertz CT molecular complexity index is 469. The van der Waals surface area contributed by atoms with Crippen molar-refractivity contribution >= 4 is 5.91 Å². The number of hydrogen-bond donors (Lipinski definition) is 1. The lowest BCUT2D eigenvalue weighted by Crippen LogP contribution is -2.34. The number of nitriles is 1. The summed E-state index contributed by atoms with van der Waals surface area (Å²) >= 11 is 0. The van der Waals surface area contributed by atoms with Gasteiger partial charge in [0.2, 0.25) is 0 Å². The molecule has 1 rings (SSSR count). The molecule has 0 heterocycles. The molecule has 0 fully saturated rings. The molecular weight excluding hydrogens is 248 g/mol. The standard InChI is InChI=1S/C17H24N2O/c1-4-5-6-11-17(2,3)13-19-16(20)15-9-7-14(12-18)8-10-15/h7-10H,4-6,11,13H2,1-3H3,(H,19,20). The fraction of sp³-hybridized carbons (Fsp3) is 0.529. The van der Waals surface area contributed by atoms with E-state index in [1.54, 1.807) is 24.3 Å². The maximum absolute atomic E-state index is 12.0. The van der Waals surface area contributed by atoms with Gasteiger partial charge in [-0.2, -0.15) is 5.26 Å². The maximum Gasteiger partial charge on any atom is 0.251 e. The second-order valence-electron chi connectivity index (χ2n) is 5.99. The minimum atomic E-state index is -0.0712. The number of hydrogen-bond acceptors (Lipinski definition) is 2. The molecule has 3 nitrogen and oxygen atoms in total. The Balaban J connectivity index is 2.47. The zero-order chi connectivity index (χ0) is 15.0. The number of amides is 1. The molecule has 0 saturated heterocycles. The third kappa shape index (κ3) is 5.44. The summed E-state index contributed by atoms with van der Waals surface area (Å²) < 4.78 is 0. The van der Waals surface area contributed by atoms with Crippen LogP contribution >= 0.6 is 0 Å². The summed E-state index contributed by atoms with van der Waals surface area (Å²) in [5.74, 6) is -0.0712. The lowest BCUT2D eigenvalue weighted by Gasteiger charge is -2.25. The highest BCUT2D eigenvalue weighted by Crippen LogP contribution is 2.22. The van der Waals surface area contributed by atoms with Crippen molar-refractivity contribution in [3.63, 3.8) is 0 Å². The normalized spacial score (nSPS) is 10.9. The number of unbranched alkanes of at least 4 members (excludes halogenated alkanes) is 2. The van der Waals surface area contributed by atoms with E-state index in [4.69, 9.17) is 5.26 Å². The number of benzene rings is 1. The van der Waals surface area contributed by atoms with E-state index in [1.807, 2.05) is 6.07 Å². The van der Waals surface area contributed by atoms with Gasteiger partial charge in [0, 0.05) is 12.1 Å². The molecule has 0 spiro atoms. The average molecular weight is 272 g/mol. The lowest BCUT2D eigenvalue weighted by molar-refractivity contribution is 0.0934. The first-order chi connectivity index (χ1) is 9.48. The molecule has 1 aromatic carbocycles. The van der Waals surface area contributed by atoms with E-state index in [0.29, 0.717) is 17.7 Å². The molecule has 0 saturated carbocycles. The van der Waals surface area contributed by atoms with Crippen LogP contribution < -0.4 is 5.32 Å². The van der Waals surface area contributed by atoms with Gasteiger partial charge in [-0.1, -0.05) is 40.0 Å². The van der Waals surface area contributed by atoms with Gasteiger partial charge in [0.25, 0.3) is 5.91 Å². The van der Waals surface area contributed by atoms with Crippen LogP contribution in [-0.4, -0.2) is 12.5 Å². The van der Waals surface area contributed by atoms with Gasteiger partial charge in [0.1, 0.15) is 0 Å². The Kier molecular flexibility index (Phi) is 6.24. The lowest BCUT2D eigenvalue weighted by atomic mass is 9.87. The quantitative estimate of drug-likeness (QED) is 0.765. The van der Waals surface area contributed by atoms with Gasteiger partial charge in [-0.25, -0.2) is 0 Å². The van der Waals surface area contributed by atoms with E-state index in [9.17, 15) is 4.79 Å². The molecule has 1 amide bonds. The molecule has 0 aliphatic heterocycles. The molecule has 0 radical (unpaired) electrons. The van der Waals surface area contributed by atoms with Crippen LogP contribution in [0.1, 0.15) is 62.4 Å². The molecule has 3 heteroatoms. The monoisotopic (exact) mass is 272 g/mol. The van der Waals surface area contributed by atoms with Crippen molar-refractivity contribution in [2.45, 2.75) is 46.5 Å². The van der Waals surface area contributed by atoms with Crippen molar-refractivity contribution in [1.29, 1.82) is 5.26 Å². The van der Waals surface area contributed by atoms with Gasteiger partial charge >= 0.3 is 0 Å². The molecule has 0 bridgehead atoms. The highest BCUT2D eigenvalue weighted by atomic mass is 16.1. The summed E-state index contributed by atoms with van der Waals surface area (Å²) in [4.78, 5) is 12.0. The van der Waals surface area contributed by atoms with Gasteiger partial charge < -0.3 is 5.32 Å². The van der Waals surface area contributed by atoms with Crippen LogP contribution in [0.15, 0.2) is 24.3 Å². The molecule has 0 aliphatic rings. The van der Waals surface area contributed by atoms with E-state index in [0.717, 1.165) is 6.42 Å². The van der Waals surface area contributed by atoms with Crippen LogP contribution in [0.5, 0.6) is 0 Å². The third-order valence-corrected chi connectivity index (χ3v) is 3.46. The van der Waals surface area contributed by atoms with Crippen LogP contribution in [-0.2, 0) is 0 Å². The molecular formula is C17H24N2O. The zero-order valence-corrected chi connectivity index (χ0v) is 12.7. The largest absolute Gasteiger partial charge is 0.352 e. The van der Waals surface area contributed by atoms with Crippen LogP contribution in [0.4, 0.5) is 0 Å². The van der Waals surface area contributed by atoms with E-state index >= 15 is 0 Å². The van der Waals surface area contributed by atoms with Crippen LogP contribution in [0, 0.1) is 16.7 Å². The highest BCUT2D eigenvalue weighted by Gasteiger charge is 2.18. The fourth-order valence-corrected chi connectivity index (χ4v) is 2.06. The minimum Gasteiger partial charge on any atom is -0.352 e. The Labute approximate surface area is 122 Å². The summed E-state index contributed by atoms with van der Waals surface area (Å²) in [5.41, 5.74) is 1.30. The Morgan fingerprint density at radius 2 is 1.90 bits per heavy atom. The summed E-state index contributed by atoms with van der Waals surface area (Å²) in [6.45, 7) is 7.23. The van der Waals surface area contributed by atoms with Gasteiger partial charge in [-0.05, 0) is 36.1 Å². The first-order valence-electron chi connectivity index (χ1n) is 7.27. The maximum atomic E-state index is 12.0. The summed E-state index contributed by atoms with van der Waals surface area (Å²) in [7, 11) is 0.